The van der Waals surface area contributed by atoms with E-state index in [9.17, 15) is 0 Å². The number of rotatable bonds is 0. The predicted octanol–water partition coefficient (Wildman–Crippen LogP) is 7.38. The average Bonchev–Trinajstić information content (AvgIpc) is 3.29. The van der Waals surface area contributed by atoms with Crippen molar-refractivity contribution in [2.75, 3.05) is 0 Å². The molecule has 152 valence electrons. The van der Waals surface area contributed by atoms with Crippen LogP contribution in [0.1, 0.15) is 11.1 Å². The molecule has 3 heteroatoms. The van der Waals surface area contributed by atoms with Gasteiger partial charge in [-0.2, -0.15) is 0 Å². The van der Waals surface area contributed by atoms with E-state index in [0.717, 1.165) is 16.4 Å². The van der Waals surface area contributed by atoms with E-state index in [0.29, 0.717) is 0 Å². The van der Waals surface area contributed by atoms with Crippen molar-refractivity contribution in [3.8, 4) is 0 Å². The van der Waals surface area contributed by atoms with E-state index in [1.165, 1.54) is 49.5 Å². The summed E-state index contributed by atoms with van der Waals surface area (Å²) in [5.41, 5.74) is 10.8. The molecule has 0 aliphatic carbocycles. The van der Waals surface area contributed by atoms with Crippen LogP contribution in [-0.4, -0.2) is 13.8 Å². The number of hydrogen-bond acceptors (Lipinski definition) is 1. The maximum absolute atomic E-state index is 4.90. The molecule has 0 fully saturated rings. The summed E-state index contributed by atoms with van der Waals surface area (Å²) in [6.07, 6.45) is 1.90. The third-order valence-electron chi connectivity index (χ3n) is 6.91. The minimum Gasteiger partial charge on any atom is -0.307 e. The Bertz CT molecular complexity index is 1760. The summed E-state index contributed by atoms with van der Waals surface area (Å²) in [4.78, 5) is 4.90. The van der Waals surface area contributed by atoms with Crippen molar-refractivity contribution in [3.05, 3.63) is 102 Å². The fourth-order valence-corrected chi connectivity index (χ4v) is 5.52. The van der Waals surface area contributed by atoms with Gasteiger partial charge in [0.25, 0.3) is 0 Å². The van der Waals surface area contributed by atoms with E-state index < -0.39 is 0 Å². The molecule has 0 saturated carbocycles. The lowest BCUT2D eigenvalue weighted by molar-refractivity contribution is 1.27. The van der Waals surface area contributed by atoms with Gasteiger partial charge in [-0.3, -0.25) is 4.98 Å². The second-order valence-electron chi connectivity index (χ2n) is 8.54. The summed E-state index contributed by atoms with van der Waals surface area (Å²) in [6, 6.07) is 30.3. The van der Waals surface area contributed by atoms with Crippen LogP contribution in [0.15, 0.2) is 91.1 Å². The van der Waals surface area contributed by atoms with Crippen molar-refractivity contribution >= 4 is 54.8 Å². The molecule has 0 atom stereocenters. The smallest absolute Gasteiger partial charge is 0.0963 e. The summed E-state index contributed by atoms with van der Waals surface area (Å²) in [7, 11) is 0. The first kappa shape index (κ1) is 17.6. The third kappa shape index (κ3) is 2.08. The molecule has 0 N–H and O–H groups in total. The van der Waals surface area contributed by atoms with Crippen molar-refractivity contribution in [2.45, 2.75) is 13.8 Å². The standard InChI is InChI=1S/C29H21N3/c1-18-20-10-3-6-13-23(20)31-25-15-8-5-12-22(25)27-26(16-9-17-30-27)32-24-14-7-4-11-21(24)19(2)29(32)28(18)31/h3-17H,1-2H3. The number of pyridine rings is 1. The molecule has 0 saturated heterocycles. The molecule has 3 aromatic carbocycles. The van der Waals surface area contributed by atoms with Gasteiger partial charge < -0.3 is 8.80 Å². The summed E-state index contributed by atoms with van der Waals surface area (Å²) in [5, 5.41) is 3.71. The van der Waals surface area contributed by atoms with Crippen LogP contribution in [-0.2, 0) is 0 Å². The number of benzene rings is 3. The topological polar surface area (TPSA) is 21.7 Å². The molecular weight excluding hydrogens is 390 g/mol. The molecule has 4 heterocycles. The lowest BCUT2D eigenvalue weighted by Crippen LogP contribution is -1.95. The van der Waals surface area contributed by atoms with E-state index in [1.807, 2.05) is 12.3 Å². The molecule has 0 unspecified atom stereocenters. The van der Waals surface area contributed by atoms with Crippen LogP contribution in [0, 0.1) is 13.8 Å². The maximum Gasteiger partial charge on any atom is 0.0963 e. The van der Waals surface area contributed by atoms with Crippen LogP contribution in [0.3, 0.4) is 0 Å². The molecule has 0 radical (unpaired) electrons. The van der Waals surface area contributed by atoms with Crippen molar-refractivity contribution in [2.24, 2.45) is 0 Å². The lowest BCUT2D eigenvalue weighted by atomic mass is 10.1. The van der Waals surface area contributed by atoms with Gasteiger partial charge in [-0.1, -0.05) is 54.6 Å². The molecule has 4 aromatic heterocycles. The lowest BCUT2D eigenvalue weighted by Gasteiger charge is -2.10. The zero-order valence-electron chi connectivity index (χ0n) is 18.0. The number of hydrogen-bond donors (Lipinski definition) is 0. The normalized spacial score (nSPS) is 12.1. The second-order valence-corrected chi connectivity index (χ2v) is 8.54. The number of aromatic nitrogens is 3. The zero-order valence-corrected chi connectivity index (χ0v) is 18.0. The Morgan fingerprint density at radius 3 is 1.53 bits per heavy atom. The number of aryl methyl sites for hydroxylation is 2. The van der Waals surface area contributed by atoms with Gasteiger partial charge in [-0.15, -0.1) is 0 Å². The van der Waals surface area contributed by atoms with Crippen LogP contribution in [0.2, 0.25) is 0 Å². The van der Waals surface area contributed by atoms with Gasteiger partial charge in [-0.25, -0.2) is 0 Å². The molecule has 0 aliphatic rings. The Morgan fingerprint density at radius 2 is 0.938 bits per heavy atom. The Morgan fingerprint density at radius 1 is 0.500 bits per heavy atom. The van der Waals surface area contributed by atoms with Gasteiger partial charge in [-0.05, 0) is 55.3 Å². The van der Waals surface area contributed by atoms with E-state index >= 15 is 0 Å². The Hall–Kier alpha value is -4.11. The van der Waals surface area contributed by atoms with Crippen molar-refractivity contribution < 1.29 is 0 Å². The van der Waals surface area contributed by atoms with Crippen molar-refractivity contribution in [1.29, 1.82) is 0 Å². The van der Waals surface area contributed by atoms with Gasteiger partial charge in [0.2, 0.25) is 0 Å². The SMILES string of the molecule is Cc1c2ccccc2n2c3ccccc3c3ncccc3n3c4ccccc4c(C)c3c12. The second kappa shape index (κ2) is 6.21. The average molecular weight is 412 g/mol. The highest BCUT2D eigenvalue weighted by molar-refractivity contribution is 6.11. The summed E-state index contributed by atoms with van der Waals surface area (Å²) >= 11 is 0. The van der Waals surface area contributed by atoms with E-state index in [-0.39, 0.29) is 0 Å². The van der Waals surface area contributed by atoms with E-state index in [1.54, 1.807) is 0 Å². The van der Waals surface area contributed by atoms with E-state index in [2.05, 4.69) is 102 Å². The van der Waals surface area contributed by atoms with Gasteiger partial charge in [0.1, 0.15) is 0 Å². The van der Waals surface area contributed by atoms with Crippen LogP contribution in [0.4, 0.5) is 0 Å². The monoisotopic (exact) mass is 411 g/mol. The zero-order chi connectivity index (χ0) is 21.4. The Kier molecular flexibility index (Phi) is 3.41. The first-order valence-electron chi connectivity index (χ1n) is 11.0. The van der Waals surface area contributed by atoms with Crippen LogP contribution < -0.4 is 0 Å². The fraction of sp³-hybridized carbons (Fsp3) is 0.0690. The first-order chi connectivity index (χ1) is 15.8. The van der Waals surface area contributed by atoms with Crippen molar-refractivity contribution in [3.63, 3.8) is 0 Å². The molecule has 0 aliphatic heterocycles. The molecule has 7 rings (SSSR count). The molecule has 7 aromatic rings. The fourth-order valence-electron chi connectivity index (χ4n) is 5.52. The van der Waals surface area contributed by atoms with Gasteiger partial charge in [0, 0.05) is 22.4 Å². The van der Waals surface area contributed by atoms with Crippen LogP contribution in [0.5, 0.6) is 0 Å². The molecular formula is C29H21N3. The maximum atomic E-state index is 4.90. The molecule has 0 spiro atoms. The van der Waals surface area contributed by atoms with Crippen molar-refractivity contribution in [1.82, 2.24) is 13.8 Å². The summed E-state index contributed by atoms with van der Waals surface area (Å²) in [6.45, 7) is 4.50. The third-order valence-corrected chi connectivity index (χ3v) is 6.91. The van der Waals surface area contributed by atoms with E-state index in [4.69, 9.17) is 4.98 Å². The summed E-state index contributed by atoms with van der Waals surface area (Å²) < 4.78 is 4.86. The minimum atomic E-state index is 1.01. The van der Waals surface area contributed by atoms with Gasteiger partial charge >= 0.3 is 0 Å². The first-order valence-corrected chi connectivity index (χ1v) is 11.0. The minimum absolute atomic E-state index is 1.01. The number of nitrogens with zero attached hydrogens (tertiary/aromatic N) is 3. The highest BCUT2D eigenvalue weighted by atomic mass is 15.0. The van der Waals surface area contributed by atoms with Gasteiger partial charge in [0.05, 0.1) is 38.6 Å². The Labute approximate surface area is 184 Å². The molecule has 32 heavy (non-hydrogen) atoms. The highest BCUT2D eigenvalue weighted by Crippen LogP contribution is 2.37. The molecule has 0 amide bonds. The molecule has 0 bridgehead atoms. The largest absolute Gasteiger partial charge is 0.307 e. The number of para-hydroxylation sites is 3. The van der Waals surface area contributed by atoms with Crippen LogP contribution >= 0.6 is 0 Å². The highest BCUT2D eigenvalue weighted by Gasteiger charge is 2.19. The quantitative estimate of drug-likeness (QED) is 0.255. The predicted molar refractivity (Wildman–Crippen MR) is 134 cm³/mol. The summed E-state index contributed by atoms with van der Waals surface area (Å²) in [5.74, 6) is 0. The Balaban J connectivity index is 2.04. The van der Waals surface area contributed by atoms with Crippen LogP contribution in [0.25, 0.3) is 54.8 Å². The van der Waals surface area contributed by atoms with Gasteiger partial charge in [0.15, 0.2) is 0 Å². The number of fused-ring (bicyclic) bond motifs is 12. The molecule has 3 nitrogen and oxygen atoms in total.